The predicted molar refractivity (Wildman–Crippen MR) is 92.0 cm³/mol. The van der Waals surface area contributed by atoms with Crippen LogP contribution >= 0.6 is 11.6 Å². The van der Waals surface area contributed by atoms with E-state index in [0.717, 1.165) is 6.07 Å². The zero-order chi connectivity index (χ0) is 20.5. The fraction of sp³-hybridized carbons (Fsp3) is 0.556. The molecule has 28 heavy (non-hydrogen) atoms. The first kappa shape index (κ1) is 19.3. The maximum absolute atomic E-state index is 13.7. The lowest BCUT2D eigenvalue weighted by molar-refractivity contribution is -0.370. The number of nitrogens with two attached hydrogens (primary N) is 1. The molecule has 1 heterocycles. The lowest BCUT2D eigenvalue weighted by Gasteiger charge is -2.74. The van der Waals surface area contributed by atoms with Crippen LogP contribution in [0.5, 0.6) is 0 Å². The average Bonchev–Trinajstić information content (AvgIpc) is 2.51. The predicted octanol–water partition coefficient (Wildman–Crippen LogP) is 3.17. The Morgan fingerprint density at radius 2 is 1.96 bits per heavy atom. The van der Waals surface area contributed by atoms with Gasteiger partial charge in [-0.05, 0) is 42.4 Å². The summed E-state index contributed by atoms with van der Waals surface area (Å²) in [5, 5.41) is 2.46. The Morgan fingerprint density at radius 1 is 1.32 bits per heavy atom. The van der Waals surface area contributed by atoms with Crippen LogP contribution in [0.25, 0.3) is 0 Å². The molecular formula is C18H18ClF4N3O2. The van der Waals surface area contributed by atoms with Crippen LogP contribution in [0.15, 0.2) is 18.2 Å². The molecule has 10 heteroatoms. The minimum Gasteiger partial charge on any atom is -0.353 e. The highest BCUT2D eigenvalue weighted by molar-refractivity contribution is 6.30. The van der Waals surface area contributed by atoms with E-state index in [0.29, 0.717) is 5.56 Å². The van der Waals surface area contributed by atoms with Gasteiger partial charge < -0.3 is 16.0 Å². The molecule has 0 spiro atoms. The molecule has 2 atom stereocenters. The molecule has 3 N–H and O–H groups in total. The number of benzene rings is 1. The smallest absolute Gasteiger partial charge is 0.353 e. The van der Waals surface area contributed by atoms with Gasteiger partial charge in [-0.1, -0.05) is 17.7 Å². The highest BCUT2D eigenvalue weighted by Crippen LogP contribution is 2.82. The van der Waals surface area contributed by atoms with Crippen molar-refractivity contribution in [1.29, 1.82) is 0 Å². The van der Waals surface area contributed by atoms with Crippen LogP contribution in [0.4, 0.5) is 22.4 Å². The van der Waals surface area contributed by atoms with Gasteiger partial charge in [-0.25, -0.2) is 9.18 Å². The van der Waals surface area contributed by atoms with Crippen molar-refractivity contribution in [2.45, 2.75) is 37.4 Å². The lowest BCUT2D eigenvalue weighted by Crippen LogP contribution is -2.73. The molecule has 0 radical (unpaired) electrons. The largest absolute Gasteiger partial charge is 0.394 e. The van der Waals surface area contributed by atoms with Crippen LogP contribution in [0.3, 0.4) is 0 Å². The van der Waals surface area contributed by atoms with E-state index in [1.807, 2.05) is 0 Å². The normalized spacial score (nSPS) is 32.8. The number of nitrogens with one attached hydrogen (secondary N) is 1. The van der Waals surface area contributed by atoms with E-state index < -0.39 is 46.7 Å². The molecule has 3 amide bonds. The molecule has 1 saturated heterocycles. The van der Waals surface area contributed by atoms with Crippen molar-refractivity contribution in [2.24, 2.45) is 16.6 Å². The van der Waals surface area contributed by atoms with Gasteiger partial charge in [0.1, 0.15) is 11.9 Å². The number of amides is 3. The Labute approximate surface area is 163 Å². The molecule has 1 aliphatic heterocycles. The van der Waals surface area contributed by atoms with Gasteiger partial charge >= 0.3 is 12.2 Å². The van der Waals surface area contributed by atoms with Crippen molar-refractivity contribution in [2.75, 3.05) is 13.1 Å². The number of primary amides is 1. The Kier molecular flexibility index (Phi) is 4.12. The van der Waals surface area contributed by atoms with Crippen molar-refractivity contribution < 1.29 is 27.2 Å². The van der Waals surface area contributed by atoms with Crippen molar-refractivity contribution in [1.82, 2.24) is 10.2 Å². The summed E-state index contributed by atoms with van der Waals surface area (Å²) in [6.07, 6.45) is -4.74. The van der Waals surface area contributed by atoms with Crippen LogP contribution < -0.4 is 11.1 Å². The highest BCUT2D eigenvalue weighted by atomic mass is 35.5. The quantitative estimate of drug-likeness (QED) is 0.738. The number of carbonyl (C=O) groups is 2. The van der Waals surface area contributed by atoms with Crippen LogP contribution in [0, 0.1) is 16.6 Å². The maximum Gasteiger partial charge on any atom is 0.394 e. The minimum atomic E-state index is -4.32. The number of halogens is 5. The van der Waals surface area contributed by atoms with Gasteiger partial charge in [-0.2, -0.15) is 13.2 Å². The van der Waals surface area contributed by atoms with E-state index in [4.69, 9.17) is 17.3 Å². The summed E-state index contributed by atoms with van der Waals surface area (Å²) in [4.78, 5) is 25.8. The van der Waals surface area contributed by atoms with Crippen LogP contribution in [-0.4, -0.2) is 42.1 Å². The summed E-state index contributed by atoms with van der Waals surface area (Å²) in [7, 11) is 0. The number of piperazine rings is 1. The summed E-state index contributed by atoms with van der Waals surface area (Å²) in [6, 6.07) is 1.96. The van der Waals surface area contributed by atoms with E-state index in [2.05, 4.69) is 5.32 Å². The van der Waals surface area contributed by atoms with Gasteiger partial charge in [0.25, 0.3) is 0 Å². The van der Waals surface area contributed by atoms with Gasteiger partial charge in [0.05, 0.1) is 10.4 Å². The average molecular weight is 420 g/mol. The second kappa shape index (κ2) is 5.98. The van der Waals surface area contributed by atoms with E-state index in [9.17, 15) is 27.2 Å². The fourth-order valence-corrected chi connectivity index (χ4v) is 5.53. The third-order valence-electron chi connectivity index (χ3n) is 6.49. The Morgan fingerprint density at radius 3 is 2.50 bits per heavy atom. The SMILES string of the molecule is NC(=O)N1CCNC(=O)C1[C@@H](c1ccc(F)c(Cl)c1)C12CC(C(F)(F)F)(C1)C2. The molecule has 1 aromatic rings. The number of rotatable bonds is 3. The van der Waals surface area contributed by atoms with E-state index in [-0.39, 0.29) is 37.4 Å². The molecule has 4 aliphatic rings. The van der Waals surface area contributed by atoms with Crippen molar-refractivity contribution in [3.8, 4) is 0 Å². The molecule has 4 fully saturated rings. The second-order valence-corrected chi connectivity index (χ2v) is 8.50. The Bertz CT molecular complexity index is 840. The topological polar surface area (TPSA) is 75.4 Å². The number of hydrogen-bond acceptors (Lipinski definition) is 2. The fourth-order valence-electron chi connectivity index (χ4n) is 5.34. The first-order valence-corrected chi connectivity index (χ1v) is 9.23. The molecule has 5 nitrogen and oxygen atoms in total. The highest BCUT2D eigenvalue weighted by Gasteiger charge is 2.81. The van der Waals surface area contributed by atoms with E-state index >= 15 is 0 Å². The molecule has 3 saturated carbocycles. The van der Waals surface area contributed by atoms with E-state index in [1.54, 1.807) is 0 Å². The summed E-state index contributed by atoms with van der Waals surface area (Å²) in [5.41, 5.74) is 3.31. The lowest BCUT2D eigenvalue weighted by atomic mass is 9.30. The van der Waals surface area contributed by atoms with Gasteiger partial charge in [0, 0.05) is 19.0 Å². The molecule has 3 aliphatic carbocycles. The zero-order valence-corrected chi connectivity index (χ0v) is 15.4. The summed E-state index contributed by atoms with van der Waals surface area (Å²) >= 11 is 5.90. The van der Waals surface area contributed by atoms with Crippen molar-refractivity contribution >= 4 is 23.5 Å². The number of carbonyl (C=O) groups excluding carboxylic acids is 2. The monoisotopic (exact) mass is 419 g/mol. The molecule has 152 valence electrons. The zero-order valence-electron chi connectivity index (χ0n) is 14.7. The maximum atomic E-state index is 13.7. The number of hydrogen-bond donors (Lipinski definition) is 2. The van der Waals surface area contributed by atoms with E-state index in [1.165, 1.54) is 17.0 Å². The summed E-state index contributed by atoms with van der Waals surface area (Å²) < 4.78 is 53.8. The molecule has 5 rings (SSSR count). The van der Waals surface area contributed by atoms with Crippen LogP contribution in [0.1, 0.15) is 30.7 Å². The molecule has 1 unspecified atom stereocenters. The molecule has 1 aromatic carbocycles. The number of alkyl halides is 3. The van der Waals surface area contributed by atoms with Gasteiger partial charge in [0.2, 0.25) is 5.91 Å². The van der Waals surface area contributed by atoms with Crippen LogP contribution in [0.2, 0.25) is 5.02 Å². The molecule has 0 aromatic heterocycles. The molecular weight excluding hydrogens is 402 g/mol. The van der Waals surface area contributed by atoms with Crippen LogP contribution in [-0.2, 0) is 4.79 Å². The third kappa shape index (κ3) is 2.58. The number of nitrogens with zero attached hydrogens (tertiary/aromatic N) is 1. The van der Waals surface area contributed by atoms with Gasteiger partial charge in [-0.3, -0.25) is 4.79 Å². The minimum absolute atomic E-state index is 0.139. The number of urea groups is 1. The summed E-state index contributed by atoms with van der Waals surface area (Å²) in [6.45, 7) is 0.353. The Hall–Kier alpha value is -2.03. The first-order valence-electron chi connectivity index (χ1n) is 8.85. The first-order chi connectivity index (χ1) is 13.0. The Balaban J connectivity index is 1.76. The van der Waals surface area contributed by atoms with Crippen molar-refractivity contribution in [3.05, 3.63) is 34.6 Å². The van der Waals surface area contributed by atoms with Gasteiger partial charge in [-0.15, -0.1) is 0 Å². The standard InChI is InChI=1S/C18H18ClF4N3O2/c19-10-5-9(1-2-11(10)20)12(13-14(27)25-3-4-26(13)15(24)28)16-6-17(7-16,8-16)18(21,22)23/h1-2,5,12-13H,3-4,6-8H2,(H2,24,28)(H,25,27)/t12-,13?,16?,17?/m1/s1. The van der Waals surface area contributed by atoms with Gasteiger partial charge in [0.15, 0.2) is 0 Å². The second-order valence-electron chi connectivity index (χ2n) is 8.09. The van der Waals surface area contributed by atoms with Crippen molar-refractivity contribution in [3.63, 3.8) is 0 Å². The molecule has 2 bridgehead atoms. The summed E-state index contributed by atoms with van der Waals surface area (Å²) in [5.74, 6) is -1.92. The third-order valence-corrected chi connectivity index (χ3v) is 6.78.